The third-order valence-corrected chi connectivity index (χ3v) is 6.64. The molecule has 3 rings (SSSR count). The normalized spacial score (nSPS) is 12.2. The second-order valence-corrected chi connectivity index (χ2v) is 9.08. The molecule has 0 unspecified atom stereocenters. The van der Waals surface area contributed by atoms with E-state index in [2.05, 4.69) is 14.4 Å². The Labute approximate surface area is 169 Å². The van der Waals surface area contributed by atoms with Crippen LogP contribution in [0.3, 0.4) is 0 Å². The maximum Gasteiger partial charge on any atom is 0.452 e. The SMILES string of the molecule is CCOc1ccccc1NS(=O)(=O)c1c(C)sc(C)c1-c1cc(C(F)(F)F)on1. The lowest BCUT2D eigenvalue weighted by molar-refractivity contribution is -0.155. The number of nitrogens with one attached hydrogen (secondary N) is 1. The highest BCUT2D eigenvalue weighted by atomic mass is 32.2. The maximum absolute atomic E-state index is 13.1. The van der Waals surface area contributed by atoms with Gasteiger partial charge in [-0.15, -0.1) is 11.3 Å². The lowest BCUT2D eigenvalue weighted by Gasteiger charge is -2.13. The van der Waals surface area contributed by atoms with Gasteiger partial charge in [0, 0.05) is 21.4 Å². The standard InChI is InChI=1S/C18H17F3N2O4S2/c1-4-26-14-8-6-5-7-12(14)23-29(24,25)17-11(3)28-10(2)16(17)13-9-15(27-22-13)18(19,20)21/h5-9,23H,4H2,1-3H3. The van der Waals surface area contributed by atoms with Crippen LogP contribution in [-0.2, 0) is 16.2 Å². The number of alkyl halides is 3. The highest BCUT2D eigenvalue weighted by Crippen LogP contribution is 2.41. The van der Waals surface area contributed by atoms with Crippen LogP contribution < -0.4 is 9.46 Å². The number of para-hydroxylation sites is 2. The number of sulfonamides is 1. The molecule has 0 radical (unpaired) electrons. The number of nitrogens with zero attached hydrogens (tertiary/aromatic N) is 1. The largest absolute Gasteiger partial charge is 0.492 e. The van der Waals surface area contributed by atoms with Crippen molar-refractivity contribution in [3.05, 3.63) is 45.8 Å². The van der Waals surface area contributed by atoms with E-state index in [1.165, 1.54) is 6.07 Å². The number of benzene rings is 1. The van der Waals surface area contributed by atoms with Gasteiger partial charge in [-0.05, 0) is 32.9 Å². The molecule has 0 saturated carbocycles. The molecule has 0 aliphatic heterocycles. The molecule has 0 aliphatic rings. The van der Waals surface area contributed by atoms with E-state index < -0.39 is 22.0 Å². The van der Waals surface area contributed by atoms with Crippen LogP contribution in [0, 0.1) is 13.8 Å². The molecule has 0 fully saturated rings. The van der Waals surface area contributed by atoms with Crippen molar-refractivity contribution in [2.24, 2.45) is 0 Å². The van der Waals surface area contributed by atoms with E-state index in [1.54, 1.807) is 39.0 Å². The molecule has 0 bridgehead atoms. The minimum atomic E-state index is -4.72. The summed E-state index contributed by atoms with van der Waals surface area (Å²) in [5.74, 6) is -0.959. The lowest BCUT2D eigenvalue weighted by Crippen LogP contribution is -2.15. The Balaban J connectivity index is 2.09. The fourth-order valence-corrected chi connectivity index (χ4v) is 5.78. The van der Waals surface area contributed by atoms with Crippen molar-refractivity contribution in [3.8, 4) is 17.0 Å². The molecular formula is C18H17F3N2O4S2. The van der Waals surface area contributed by atoms with Crippen molar-refractivity contribution >= 4 is 27.0 Å². The zero-order chi connectivity index (χ0) is 21.4. The summed E-state index contributed by atoms with van der Waals surface area (Å²) in [4.78, 5) is 0.770. The predicted octanol–water partition coefficient (Wildman–Crippen LogP) is 5.24. The number of halogens is 3. The van der Waals surface area contributed by atoms with Crippen molar-refractivity contribution in [1.82, 2.24) is 5.16 Å². The van der Waals surface area contributed by atoms with Gasteiger partial charge in [0.1, 0.15) is 16.3 Å². The fraction of sp³-hybridized carbons (Fsp3) is 0.278. The molecule has 2 heterocycles. The molecule has 0 atom stereocenters. The van der Waals surface area contributed by atoms with E-state index in [-0.39, 0.29) is 21.8 Å². The Morgan fingerprint density at radius 2 is 1.90 bits per heavy atom. The van der Waals surface area contributed by atoms with Crippen LogP contribution in [0.1, 0.15) is 22.4 Å². The minimum absolute atomic E-state index is 0.0770. The monoisotopic (exact) mass is 446 g/mol. The summed E-state index contributed by atoms with van der Waals surface area (Å²) in [5, 5.41) is 3.45. The third-order valence-electron chi connectivity index (χ3n) is 3.95. The second-order valence-electron chi connectivity index (χ2n) is 6.03. The summed E-state index contributed by atoms with van der Waals surface area (Å²) in [6.07, 6.45) is -4.72. The third kappa shape index (κ3) is 4.25. The quantitative estimate of drug-likeness (QED) is 0.560. The lowest BCUT2D eigenvalue weighted by atomic mass is 10.1. The second kappa shape index (κ2) is 7.71. The highest BCUT2D eigenvalue weighted by molar-refractivity contribution is 7.93. The molecule has 0 saturated heterocycles. The zero-order valence-corrected chi connectivity index (χ0v) is 17.3. The molecule has 1 aromatic carbocycles. The number of hydrogen-bond donors (Lipinski definition) is 1. The number of aryl methyl sites for hydroxylation is 2. The summed E-state index contributed by atoms with van der Waals surface area (Å²) in [5.41, 5.74) is 0.102. The highest BCUT2D eigenvalue weighted by Gasteiger charge is 2.37. The van der Waals surface area contributed by atoms with Gasteiger partial charge in [0.05, 0.1) is 12.3 Å². The van der Waals surface area contributed by atoms with Gasteiger partial charge in [-0.25, -0.2) is 8.42 Å². The van der Waals surface area contributed by atoms with Crippen molar-refractivity contribution < 1.29 is 30.8 Å². The van der Waals surface area contributed by atoms with Gasteiger partial charge >= 0.3 is 6.18 Å². The Bertz CT molecular complexity index is 1130. The average molecular weight is 446 g/mol. The summed E-state index contributed by atoms with van der Waals surface area (Å²) in [6.45, 7) is 5.29. The number of aromatic nitrogens is 1. The maximum atomic E-state index is 13.1. The van der Waals surface area contributed by atoms with Crippen molar-refractivity contribution in [1.29, 1.82) is 0 Å². The molecule has 3 aromatic rings. The number of ether oxygens (including phenoxy) is 1. The molecule has 2 aromatic heterocycles. The van der Waals surface area contributed by atoms with Gasteiger partial charge in [0.25, 0.3) is 10.0 Å². The Hall–Kier alpha value is -2.53. The van der Waals surface area contributed by atoms with Gasteiger partial charge in [0.15, 0.2) is 0 Å². The van der Waals surface area contributed by atoms with E-state index in [1.807, 2.05) is 0 Å². The Kier molecular flexibility index (Phi) is 5.63. The average Bonchev–Trinajstić information content (AvgIpc) is 3.20. The fourth-order valence-electron chi connectivity index (χ4n) is 2.84. The van der Waals surface area contributed by atoms with E-state index in [0.29, 0.717) is 28.2 Å². The van der Waals surface area contributed by atoms with Gasteiger partial charge in [-0.2, -0.15) is 13.2 Å². The van der Waals surface area contributed by atoms with Crippen molar-refractivity contribution in [2.45, 2.75) is 31.8 Å². The predicted molar refractivity (Wildman–Crippen MR) is 103 cm³/mol. The Morgan fingerprint density at radius 3 is 2.52 bits per heavy atom. The van der Waals surface area contributed by atoms with Crippen LogP contribution in [0.15, 0.2) is 39.8 Å². The van der Waals surface area contributed by atoms with Gasteiger partial charge < -0.3 is 9.26 Å². The topological polar surface area (TPSA) is 81.4 Å². The van der Waals surface area contributed by atoms with Crippen LogP contribution in [0.2, 0.25) is 0 Å². The molecule has 1 N–H and O–H groups in total. The number of rotatable bonds is 6. The number of anilines is 1. The first kappa shape index (κ1) is 21.2. The van der Waals surface area contributed by atoms with Crippen LogP contribution in [0.25, 0.3) is 11.3 Å². The van der Waals surface area contributed by atoms with Gasteiger partial charge in [-0.1, -0.05) is 17.3 Å². The van der Waals surface area contributed by atoms with E-state index in [4.69, 9.17) is 4.74 Å². The molecule has 29 heavy (non-hydrogen) atoms. The number of thiophene rings is 1. The first-order chi connectivity index (χ1) is 13.5. The van der Waals surface area contributed by atoms with Crippen LogP contribution in [0.4, 0.5) is 18.9 Å². The number of hydrogen-bond acceptors (Lipinski definition) is 6. The van der Waals surface area contributed by atoms with E-state index in [0.717, 1.165) is 11.3 Å². The van der Waals surface area contributed by atoms with Crippen LogP contribution >= 0.6 is 11.3 Å². The minimum Gasteiger partial charge on any atom is -0.492 e. The smallest absolute Gasteiger partial charge is 0.452 e. The Morgan fingerprint density at radius 1 is 1.21 bits per heavy atom. The molecule has 11 heteroatoms. The van der Waals surface area contributed by atoms with Crippen molar-refractivity contribution in [3.63, 3.8) is 0 Å². The zero-order valence-electron chi connectivity index (χ0n) is 15.6. The summed E-state index contributed by atoms with van der Waals surface area (Å²) in [7, 11) is -4.15. The van der Waals surface area contributed by atoms with E-state index >= 15 is 0 Å². The van der Waals surface area contributed by atoms with E-state index in [9.17, 15) is 21.6 Å². The molecule has 6 nitrogen and oxygen atoms in total. The molecular weight excluding hydrogens is 429 g/mol. The van der Waals surface area contributed by atoms with Crippen LogP contribution in [-0.4, -0.2) is 20.2 Å². The molecule has 0 aliphatic carbocycles. The van der Waals surface area contributed by atoms with Crippen molar-refractivity contribution in [2.75, 3.05) is 11.3 Å². The van der Waals surface area contributed by atoms with Gasteiger partial charge in [-0.3, -0.25) is 4.72 Å². The molecule has 156 valence electrons. The summed E-state index contributed by atoms with van der Waals surface area (Å²) >= 11 is 1.15. The first-order valence-corrected chi connectivity index (χ1v) is 10.7. The summed E-state index contributed by atoms with van der Waals surface area (Å²) < 4.78 is 77.2. The van der Waals surface area contributed by atoms with Crippen LogP contribution in [0.5, 0.6) is 5.75 Å². The molecule has 0 spiro atoms. The molecule has 0 amide bonds. The first-order valence-electron chi connectivity index (χ1n) is 8.43. The van der Waals surface area contributed by atoms with Gasteiger partial charge in [0.2, 0.25) is 5.76 Å². The summed E-state index contributed by atoms with van der Waals surface area (Å²) in [6, 6.07) is 7.18.